The number of hydrogen-bond acceptors (Lipinski definition) is 8. The summed E-state index contributed by atoms with van der Waals surface area (Å²) >= 11 is 0. The number of nitrogens with one attached hydrogen (secondary N) is 1. The molecule has 0 saturated carbocycles. The maximum absolute atomic E-state index is 13.2. The van der Waals surface area contributed by atoms with Gasteiger partial charge in [-0.1, -0.05) is 96.1 Å². The standard InChI is InChI=1S/C33H37N5O7/c34-37-35-21-11-10-18-31(40)38(45-25-28-16-8-3-9-17-28)22-30(39)36-29(33(42)44-24-27-14-6-2-7-15-27)19-20-32(41)43-23-26-12-4-1-5-13-26/h1-9,12-17,29H,10-11,18-25H2,(H,36,39)/t29-/m0/s1. The summed E-state index contributed by atoms with van der Waals surface area (Å²) in [6.07, 6.45) is 0.731. The number of carbonyl (C=O) groups excluding carboxylic acids is 4. The molecule has 3 aromatic carbocycles. The normalized spacial score (nSPS) is 11.0. The van der Waals surface area contributed by atoms with Gasteiger partial charge in [-0.05, 0) is 41.5 Å². The van der Waals surface area contributed by atoms with E-state index >= 15 is 0 Å². The van der Waals surface area contributed by atoms with Crippen LogP contribution in [0, 0.1) is 0 Å². The SMILES string of the molecule is [N-]=[N+]=NCCCCC(=O)N(CC(=O)N[C@@H](CCC(=O)OCc1ccccc1)C(=O)OCc1ccccc1)OCc1ccccc1. The molecule has 1 atom stereocenters. The van der Waals surface area contributed by atoms with Gasteiger partial charge in [-0.15, -0.1) is 0 Å². The number of azide groups is 1. The molecule has 0 bridgehead atoms. The number of hydrogen-bond donors (Lipinski definition) is 1. The molecule has 0 spiro atoms. The lowest BCUT2D eigenvalue weighted by atomic mass is 10.1. The van der Waals surface area contributed by atoms with Gasteiger partial charge >= 0.3 is 11.9 Å². The van der Waals surface area contributed by atoms with Crippen molar-refractivity contribution >= 4 is 23.8 Å². The van der Waals surface area contributed by atoms with Crippen molar-refractivity contribution in [3.8, 4) is 0 Å². The minimum absolute atomic E-state index is 0.0227. The van der Waals surface area contributed by atoms with Gasteiger partial charge in [0.25, 0.3) is 0 Å². The number of benzene rings is 3. The van der Waals surface area contributed by atoms with E-state index < -0.39 is 36.3 Å². The monoisotopic (exact) mass is 615 g/mol. The summed E-state index contributed by atoms with van der Waals surface area (Å²) in [6.45, 7) is -0.161. The van der Waals surface area contributed by atoms with Crippen LogP contribution in [-0.4, -0.2) is 47.9 Å². The number of amides is 2. The number of unbranched alkanes of at least 4 members (excludes halogenated alkanes) is 1. The van der Waals surface area contributed by atoms with E-state index in [0.29, 0.717) is 12.8 Å². The molecule has 0 fully saturated rings. The van der Waals surface area contributed by atoms with Gasteiger partial charge < -0.3 is 14.8 Å². The lowest BCUT2D eigenvalue weighted by molar-refractivity contribution is -0.193. The molecular formula is C33H37N5O7. The van der Waals surface area contributed by atoms with Crippen molar-refractivity contribution in [2.24, 2.45) is 5.11 Å². The number of ether oxygens (including phenoxy) is 2. The highest BCUT2D eigenvalue weighted by Crippen LogP contribution is 2.10. The third-order valence-electron chi connectivity index (χ3n) is 6.48. The van der Waals surface area contributed by atoms with Crippen LogP contribution in [0.5, 0.6) is 0 Å². The predicted molar refractivity (Wildman–Crippen MR) is 164 cm³/mol. The van der Waals surface area contributed by atoms with Crippen molar-refractivity contribution in [3.05, 3.63) is 118 Å². The van der Waals surface area contributed by atoms with E-state index in [4.69, 9.17) is 19.8 Å². The first-order valence-electron chi connectivity index (χ1n) is 14.6. The highest BCUT2D eigenvalue weighted by molar-refractivity contribution is 5.88. The maximum atomic E-state index is 13.2. The predicted octanol–water partition coefficient (Wildman–Crippen LogP) is 5.18. The van der Waals surface area contributed by atoms with E-state index in [1.165, 1.54) is 0 Å². The first-order chi connectivity index (χ1) is 21.9. The minimum Gasteiger partial charge on any atom is -0.461 e. The Morgan fingerprint density at radius 1 is 0.756 bits per heavy atom. The zero-order chi connectivity index (χ0) is 32.1. The summed E-state index contributed by atoms with van der Waals surface area (Å²) in [5.41, 5.74) is 10.8. The quantitative estimate of drug-likeness (QED) is 0.0486. The van der Waals surface area contributed by atoms with Crippen LogP contribution < -0.4 is 5.32 Å². The Kier molecular flexibility index (Phi) is 15.2. The number of hydroxylamine groups is 2. The molecule has 236 valence electrons. The number of esters is 2. The molecule has 3 rings (SSSR count). The maximum Gasteiger partial charge on any atom is 0.328 e. The molecule has 45 heavy (non-hydrogen) atoms. The Morgan fingerprint density at radius 3 is 1.89 bits per heavy atom. The molecule has 12 nitrogen and oxygen atoms in total. The summed E-state index contributed by atoms with van der Waals surface area (Å²) in [6, 6.07) is 26.2. The number of carbonyl (C=O) groups is 4. The van der Waals surface area contributed by atoms with Crippen molar-refractivity contribution in [1.29, 1.82) is 0 Å². The van der Waals surface area contributed by atoms with Crippen LogP contribution in [0.1, 0.15) is 48.8 Å². The van der Waals surface area contributed by atoms with E-state index in [0.717, 1.165) is 21.8 Å². The van der Waals surface area contributed by atoms with Gasteiger partial charge in [0.05, 0.1) is 0 Å². The molecule has 3 aromatic rings. The Bertz CT molecular complexity index is 1400. The summed E-state index contributed by atoms with van der Waals surface area (Å²) in [5.74, 6) is -2.40. The third kappa shape index (κ3) is 13.8. The molecule has 2 amide bonds. The van der Waals surface area contributed by atoms with Gasteiger partial charge in [0, 0.05) is 24.3 Å². The average molecular weight is 616 g/mol. The van der Waals surface area contributed by atoms with Crippen molar-refractivity contribution in [3.63, 3.8) is 0 Å². The van der Waals surface area contributed by atoms with Gasteiger partial charge in [0.1, 0.15) is 32.4 Å². The zero-order valence-electron chi connectivity index (χ0n) is 25.0. The average Bonchev–Trinajstić information content (AvgIpc) is 3.07. The summed E-state index contributed by atoms with van der Waals surface area (Å²) in [4.78, 5) is 60.1. The Morgan fingerprint density at radius 2 is 1.31 bits per heavy atom. The van der Waals surface area contributed by atoms with Crippen LogP contribution in [0.4, 0.5) is 0 Å². The molecule has 12 heteroatoms. The number of rotatable bonds is 19. The molecule has 0 heterocycles. The highest BCUT2D eigenvalue weighted by atomic mass is 16.7. The van der Waals surface area contributed by atoms with Crippen LogP contribution in [0.15, 0.2) is 96.1 Å². The molecule has 0 saturated heterocycles. The molecule has 0 unspecified atom stereocenters. The van der Waals surface area contributed by atoms with Crippen LogP contribution in [0.3, 0.4) is 0 Å². The first kappa shape index (κ1) is 34.3. The van der Waals surface area contributed by atoms with E-state index in [-0.39, 0.29) is 45.6 Å². The van der Waals surface area contributed by atoms with E-state index in [9.17, 15) is 19.2 Å². The van der Waals surface area contributed by atoms with Gasteiger partial charge in [-0.3, -0.25) is 19.2 Å². The van der Waals surface area contributed by atoms with Gasteiger partial charge in [-0.25, -0.2) is 9.86 Å². The second-order valence-corrected chi connectivity index (χ2v) is 10.00. The third-order valence-corrected chi connectivity index (χ3v) is 6.48. The fourth-order valence-corrected chi connectivity index (χ4v) is 4.08. The summed E-state index contributed by atoms with van der Waals surface area (Å²) in [7, 11) is 0. The van der Waals surface area contributed by atoms with Crippen molar-refractivity contribution in [2.75, 3.05) is 13.1 Å². The van der Waals surface area contributed by atoms with Crippen LogP contribution in [0.2, 0.25) is 0 Å². The van der Waals surface area contributed by atoms with Crippen molar-refractivity contribution < 1.29 is 33.5 Å². The fourth-order valence-electron chi connectivity index (χ4n) is 4.08. The van der Waals surface area contributed by atoms with E-state index in [1.54, 1.807) is 12.1 Å². The van der Waals surface area contributed by atoms with Crippen molar-refractivity contribution in [1.82, 2.24) is 10.4 Å². The Hall–Kier alpha value is -5.19. The lowest BCUT2D eigenvalue weighted by Crippen LogP contribution is -2.47. The van der Waals surface area contributed by atoms with Crippen LogP contribution >= 0.6 is 0 Å². The number of nitrogens with zero attached hydrogens (tertiary/aromatic N) is 4. The van der Waals surface area contributed by atoms with Gasteiger partial charge in [0.15, 0.2) is 0 Å². The molecular weight excluding hydrogens is 578 g/mol. The Labute approximate surface area is 261 Å². The van der Waals surface area contributed by atoms with E-state index in [2.05, 4.69) is 15.3 Å². The van der Waals surface area contributed by atoms with E-state index in [1.807, 2.05) is 78.9 Å². The molecule has 0 radical (unpaired) electrons. The minimum atomic E-state index is -1.18. The van der Waals surface area contributed by atoms with Crippen molar-refractivity contribution in [2.45, 2.75) is 58.0 Å². The second kappa shape index (κ2) is 19.9. The van der Waals surface area contributed by atoms with Gasteiger partial charge in [0.2, 0.25) is 11.8 Å². The van der Waals surface area contributed by atoms with Gasteiger partial charge in [-0.2, -0.15) is 0 Å². The largest absolute Gasteiger partial charge is 0.461 e. The van der Waals surface area contributed by atoms with Crippen LogP contribution in [0.25, 0.3) is 10.4 Å². The molecule has 0 aliphatic heterocycles. The summed E-state index contributed by atoms with van der Waals surface area (Å²) in [5, 5.41) is 7.02. The molecule has 1 N–H and O–H groups in total. The topological polar surface area (TPSA) is 160 Å². The summed E-state index contributed by atoms with van der Waals surface area (Å²) < 4.78 is 10.8. The smallest absolute Gasteiger partial charge is 0.328 e. The Balaban J connectivity index is 1.63. The second-order valence-electron chi connectivity index (χ2n) is 10.00. The molecule has 0 aliphatic rings. The molecule has 0 aliphatic carbocycles. The highest BCUT2D eigenvalue weighted by Gasteiger charge is 2.26. The van der Waals surface area contributed by atoms with Crippen LogP contribution in [-0.2, 0) is 53.3 Å². The fraction of sp³-hybridized carbons (Fsp3) is 0.333. The zero-order valence-corrected chi connectivity index (χ0v) is 25.0. The lowest BCUT2D eigenvalue weighted by Gasteiger charge is -2.23. The molecule has 0 aromatic heterocycles. The first-order valence-corrected chi connectivity index (χ1v) is 14.6.